The van der Waals surface area contributed by atoms with Crippen LogP contribution in [0.4, 0.5) is 0 Å². The maximum absolute atomic E-state index is 12.7. The molecule has 0 spiro atoms. The lowest BCUT2D eigenvalue weighted by Crippen LogP contribution is -2.27. The van der Waals surface area contributed by atoms with Crippen molar-refractivity contribution in [2.45, 2.75) is 52.9 Å². The van der Waals surface area contributed by atoms with Gasteiger partial charge in [-0.25, -0.2) is 0 Å². The number of rotatable bonds is 3. The largest absolute Gasteiger partial charge is 0.294 e. The average molecular weight is 245 g/mol. The van der Waals surface area contributed by atoms with Crippen LogP contribution in [0, 0.1) is 25.7 Å². The van der Waals surface area contributed by atoms with Crippen LogP contribution in [0.15, 0.2) is 12.1 Å². The van der Waals surface area contributed by atoms with E-state index in [2.05, 4.69) is 11.9 Å². The molecule has 0 aromatic carbocycles. The highest BCUT2D eigenvalue weighted by Crippen LogP contribution is 2.34. The van der Waals surface area contributed by atoms with Gasteiger partial charge in [0, 0.05) is 22.9 Å². The number of aryl methyl sites for hydroxylation is 2. The van der Waals surface area contributed by atoms with Gasteiger partial charge < -0.3 is 0 Å². The minimum Gasteiger partial charge on any atom is -0.294 e. The van der Waals surface area contributed by atoms with Gasteiger partial charge in [-0.3, -0.25) is 9.78 Å². The van der Waals surface area contributed by atoms with Crippen LogP contribution in [0.25, 0.3) is 0 Å². The smallest absolute Gasteiger partial charge is 0.168 e. The molecule has 1 aliphatic rings. The molecule has 0 N–H and O–H groups in total. The molecule has 1 fully saturated rings. The minimum absolute atomic E-state index is 0.229. The molecule has 1 aromatic heterocycles. The van der Waals surface area contributed by atoms with E-state index in [1.165, 1.54) is 19.3 Å². The third-order valence-electron chi connectivity index (χ3n) is 4.26. The molecule has 0 aliphatic heterocycles. The number of Topliss-reactive ketones (excluding diaryl/α,β-unsaturated/α-hetero) is 1. The lowest BCUT2D eigenvalue weighted by Gasteiger charge is -2.30. The minimum atomic E-state index is 0.229. The summed E-state index contributed by atoms with van der Waals surface area (Å²) in [4.78, 5) is 17.1. The summed E-state index contributed by atoms with van der Waals surface area (Å²) in [5.74, 6) is 1.13. The van der Waals surface area contributed by atoms with E-state index in [0.717, 1.165) is 29.8 Å². The molecule has 1 heterocycles. The van der Waals surface area contributed by atoms with E-state index >= 15 is 0 Å². The molecule has 2 rings (SSSR count). The molecule has 0 saturated heterocycles. The predicted octanol–water partition coefficient (Wildman–Crippen LogP) is 4.10. The standard InChI is InChI=1S/C16H23NO/c1-4-13-7-5-6-8-15(13)16(18)14-10-9-11(2)17-12(14)3/h9-10,13,15H,4-8H2,1-3H3. The van der Waals surface area contributed by atoms with Gasteiger partial charge in [-0.1, -0.05) is 26.2 Å². The third-order valence-corrected chi connectivity index (χ3v) is 4.26. The summed E-state index contributed by atoms with van der Waals surface area (Å²) in [6, 6.07) is 3.91. The summed E-state index contributed by atoms with van der Waals surface area (Å²) >= 11 is 0. The normalized spacial score (nSPS) is 23.9. The highest BCUT2D eigenvalue weighted by molar-refractivity contribution is 5.99. The Morgan fingerprint density at radius 3 is 2.67 bits per heavy atom. The quantitative estimate of drug-likeness (QED) is 0.750. The summed E-state index contributed by atoms with van der Waals surface area (Å²) in [5, 5.41) is 0. The number of pyridine rings is 1. The molecular formula is C16H23NO. The number of hydrogen-bond donors (Lipinski definition) is 0. The van der Waals surface area contributed by atoms with Crippen LogP contribution >= 0.6 is 0 Å². The molecule has 0 amide bonds. The fraction of sp³-hybridized carbons (Fsp3) is 0.625. The summed E-state index contributed by atoms with van der Waals surface area (Å²) < 4.78 is 0. The molecule has 2 heteroatoms. The SMILES string of the molecule is CCC1CCCCC1C(=O)c1ccc(C)nc1C. The van der Waals surface area contributed by atoms with Gasteiger partial charge in [-0.15, -0.1) is 0 Å². The molecule has 2 atom stereocenters. The molecule has 2 nitrogen and oxygen atoms in total. The molecule has 1 aliphatic carbocycles. The average Bonchev–Trinajstić information content (AvgIpc) is 2.38. The first-order valence-corrected chi connectivity index (χ1v) is 7.12. The second-order valence-electron chi connectivity index (χ2n) is 5.51. The van der Waals surface area contributed by atoms with Gasteiger partial charge in [0.15, 0.2) is 5.78 Å². The maximum Gasteiger partial charge on any atom is 0.168 e. The first-order chi connectivity index (χ1) is 8.63. The molecule has 18 heavy (non-hydrogen) atoms. The Morgan fingerprint density at radius 1 is 1.28 bits per heavy atom. The van der Waals surface area contributed by atoms with Crippen molar-refractivity contribution in [1.82, 2.24) is 4.98 Å². The maximum atomic E-state index is 12.7. The third kappa shape index (κ3) is 2.63. The monoisotopic (exact) mass is 245 g/mol. The van der Waals surface area contributed by atoms with Gasteiger partial charge in [0.2, 0.25) is 0 Å². The Hall–Kier alpha value is -1.18. The second kappa shape index (κ2) is 5.64. The van der Waals surface area contributed by atoms with E-state index < -0.39 is 0 Å². The van der Waals surface area contributed by atoms with E-state index in [0.29, 0.717) is 11.7 Å². The first-order valence-electron chi connectivity index (χ1n) is 7.12. The van der Waals surface area contributed by atoms with Crippen LogP contribution < -0.4 is 0 Å². The zero-order valence-corrected chi connectivity index (χ0v) is 11.7. The fourth-order valence-corrected chi connectivity index (χ4v) is 3.19. The van der Waals surface area contributed by atoms with Crippen LogP contribution in [0.5, 0.6) is 0 Å². The number of carbonyl (C=O) groups excluding carboxylic acids is 1. The first kappa shape index (κ1) is 13.3. The number of hydrogen-bond acceptors (Lipinski definition) is 2. The topological polar surface area (TPSA) is 30.0 Å². The van der Waals surface area contributed by atoms with Crippen LogP contribution in [0.2, 0.25) is 0 Å². The van der Waals surface area contributed by atoms with Gasteiger partial charge in [-0.2, -0.15) is 0 Å². The lowest BCUT2D eigenvalue weighted by molar-refractivity contribution is 0.0819. The highest BCUT2D eigenvalue weighted by atomic mass is 16.1. The van der Waals surface area contributed by atoms with Gasteiger partial charge in [-0.05, 0) is 44.7 Å². The van der Waals surface area contributed by atoms with Crippen molar-refractivity contribution in [3.63, 3.8) is 0 Å². The number of carbonyl (C=O) groups is 1. The van der Waals surface area contributed by atoms with Gasteiger partial charge in [0.25, 0.3) is 0 Å². The number of aromatic nitrogens is 1. The summed E-state index contributed by atoms with van der Waals surface area (Å²) in [6.45, 7) is 6.12. The summed E-state index contributed by atoms with van der Waals surface area (Å²) in [6.07, 6.45) is 5.88. The zero-order chi connectivity index (χ0) is 13.1. The van der Waals surface area contributed by atoms with E-state index in [4.69, 9.17) is 0 Å². The number of ketones is 1. The molecule has 98 valence electrons. The lowest BCUT2D eigenvalue weighted by atomic mass is 9.74. The Balaban J connectivity index is 2.24. The zero-order valence-electron chi connectivity index (χ0n) is 11.7. The predicted molar refractivity (Wildman–Crippen MR) is 73.8 cm³/mol. The molecule has 1 saturated carbocycles. The fourth-order valence-electron chi connectivity index (χ4n) is 3.19. The molecule has 1 aromatic rings. The van der Waals surface area contributed by atoms with Crippen LogP contribution in [-0.2, 0) is 0 Å². The van der Waals surface area contributed by atoms with Crippen molar-refractivity contribution in [3.05, 3.63) is 29.1 Å². The Kier molecular flexibility index (Phi) is 4.15. The van der Waals surface area contributed by atoms with Crippen LogP contribution in [0.1, 0.15) is 60.8 Å². The van der Waals surface area contributed by atoms with Crippen molar-refractivity contribution >= 4 is 5.78 Å². The second-order valence-corrected chi connectivity index (χ2v) is 5.51. The molecule has 0 radical (unpaired) electrons. The number of nitrogens with zero attached hydrogens (tertiary/aromatic N) is 1. The van der Waals surface area contributed by atoms with Crippen molar-refractivity contribution in [2.24, 2.45) is 11.8 Å². The van der Waals surface area contributed by atoms with E-state index in [-0.39, 0.29) is 5.92 Å². The van der Waals surface area contributed by atoms with Gasteiger partial charge in [0.05, 0.1) is 0 Å². The molecule has 2 unspecified atom stereocenters. The van der Waals surface area contributed by atoms with Gasteiger partial charge in [0.1, 0.15) is 0 Å². The Labute approximate surface area is 110 Å². The van der Waals surface area contributed by atoms with Crippen LogP contribution in [0.3, 0.4) is 0 Å². The molecule has 0 bridgehead atoms. The van der Waals surface area contributed by atoms with E-state index in [1.54, 1.807) is 0 Å². The molecular weight excluding hydrogens is 222 g/mol. The van der Waals surface area contributed by atoms with Crippen molar-refractivity contribution in [2.75, 3.05) is 0 Å². The van der Waals surface area contributed by atoms with Crippen molar-refractivity contribution in [1.29, 1.82) is 0 Å². The van der Waals surface area contributed by atoms with E-state index in [1.807, 2.05) is 26.0 Å². The Morgan fingerprint density at radius 2 is 2.00 bits per heavy atom. The summed E-state index contributed by atoms with van der Waals surface area (Å²) in [5.41, 5.74) is 2.71. The van der Waals surface area contributed by atoms with E-state index in [9.17, 15) is 4.79 Å². The highest BCUT2D eigenvalue weighted by Gasteiger charge is 2.30. The van der Waals surface area contributed by atoms with Crippen molar-refractivity contribution < 1.29 is 4.79 Å². The van der Waals surface area contributed by atoms with Crippen LogP contribution in [-0.4, -0.2) is 10.8 Å². The summed E-state index contributed by atoms with van der Waals surface area (Å²) in [7, 11) is 0. The van der Waals surface area contributed by atoms with Crippen molar-refractivity contribution in [3.8, 4) is 0 Å². The Bertz CT molecular complexity index is 439. The van der Waals surface area contributed by atoms with Gasteiger partial charge >= 0.3 is 0 Å².